The lowest BCUT2D eigenvalue weighted by Crippen LogP contribution is -1.99. The Hall–Kier alpha value is -1.45. The third kappa shape index (κ3) is 2.46. The van der Waals surface area contributed by atoms with Crippen molar-refractivity contribution in [3.8, 4) is 11.3 Å². The Labute approximate surface area is 108 Å². The molecule has 86 valence electrons. The maximum absolute atomic E-state index is 11.0. The highest BCUT2D eigenvalue weighted by atomic mass is 35.5. The number of aromatic nitrogens is 2. The molecule has 0 unspecified atom stereocenters. The number of carbonyl (C=O) groups excluding carboxylic acids is 1. The second kappa shape index (κ2) is 4.82. The van der Waals surface area contributed by atoms with Crippen molar-refractivity contribution in [3.63, 3.8) is 0 Å². The van der Waals surface area contributed by atoms with Crippen LogP contribution >= 0.6 is 23.2 Å². The van der Waals surface area contributed by atoms with Gasteiger partial charge in [-0.1, -0.05) is 35.3 Å². The maximum atomic E-state index is 11.0. The number of benzene rings is 1. The van der Waals surface area contributed by atoms with E-state index in [0.717, 1.165) is 5.56 Å². The van der Waals surface area contributed by atoms with Gasteiger partial charge in [0, 0.05) is 10.6 Å². The molecule has 2 rings (SSSR count). The number of carbonyl (C=O) groups is 1. The predicted molar refractivity (Wildman–Crippen MR) is 67.6 cm³/mol. The zero-order valence-electron chi connectivity index (χ0n) is 8.95. The van der Waals surface area contributed by atoms with Crippen molar-refractivity contribution >= 4 is 29.5 Å². The highest BCUT2D eigenvalue weighted by molar-refractivity contribution is 6.32. The summed E-state index contributed by atoms with van der Waals surface area (Å²) in [5.41, 5.74) is 1.52. The van der Waals surface area contributed by atoms with Crippen LogP contribution in [0.3, 0.4) is 0 Å². The first kappa shape index (κ1) is 12.0. The van der Waals surface area contributed by atoms with Gasteiger partial charge in [0.25, 0.3) is 0 Å². The van der Waals surface area contributed by atoms with Crippen LogP contribution in [0.1, 0.15) is 16.2 Å². The largest absolute Gasteiger partial charge is 0.298 e. The summed E-state index contributed by atoms with van der Waals surface area (Å²) in [4.78, 5) is 19.2. The van der Waals surface area contributed by atoms with Crippen LogP contribution in [0.5, 0.6) is 0 Å². The van der Waals surface area contributed by atoms with Gasteiger partial charge in [-0.2, -0.15) is 0 Å². The fourth-order valence-electron chi connectivity index (χ4n) is 1.51. The fraction of sp³-hybridized carbons (Fsp3) is 0.0833. The Kier molecular flexibility index (Phi) is 3.41. The van der Waals surface area contributed by atoms with E-state index in [1.54, 1.807) is 25.1 Å². The van der Waals surface area contributed by atoms with Crippen LogP contribution in [0.15, 0.2) is 24.3 Å². The second-order valence-electron chi connectivity index (χ2n) is 3.45. The third-order valence-corrected chi connectivity index (χ3v) is 2.75. The molecule has 0 amide bonds. The van der Waals surface area contributed by atoms with Crippen LogP contribution in [0.25, 0.3) is 11.3 Å². The molecule has 2 aromatic rings. The lowest BCUT2D eigenvalue weighted by atomic mass is 10.1. The van der Waals surface area contributed by atoms with Crippen molar-refractivity contribution in [2.75, 3.05) is 0 Å². The van der Waals surface area contributed by atoms with Gasteiger partial charge in [0.05, 0.1) is 11.3 Å². The smallest absolute Gasteiger partial charge is 0.155 e. The molecule has 0 aliphatic rings. The fourth-order valence-corrected chi connectivity index (χ4v) is 1.95. The lowest BCUT2D eigenvalue weighted by molar-refractivity contribution is 0.112. The monoisotopic (exact) mass is 266 g/mol. The molecule has 0 saturated heterocycles. The number of aryl methyl sites for hydroxylation is 1. The Morgan fingerprint density at radius 1 is 1.24 bits per heavy atom. The quantitative estimate of drug-likeness (QED) is 0.617. The van der Waals surface area contributed by atoms with Crippen LogP contribution in [-0.4, -0.2) is 16.3 Å². The SMILES string of the molecule is Cc1nc(Cl)c(C=O)c(-c2cccc(Cl)c2)n1. The van der Waals surface area contributed by atoms with Gasteiger partial charge in [0.1, 0.15) is 11.0 Å². The summed E-state index contributed by atoms with van der Waals surface area (Å²) in [6.07, 6.45) is 0.651. The van der Waals surface area contributed by atoms with Crippen LogP contribution in [0, 0.1) is 6.92 Å². The van der Waals surface area contributed by atoms with Gasteiger partial charge in [-0.25, -0.2) is 9.97 Å². The van der Waals surface area contributed by atoms with Crippen molar-refractivity contribution in [3.05, 3.63) is 45.8 Å². The number of halogens is 2. The summed E-state index contributed by atoms with van der Waals surface area (Å²) < 4.78 is 0. The Bertz CT molecular complexity index is 585. The highest BCUT2D eigenvalue weighted by Gasteiger charge is 2.12. The number of hydrogen-bond acceptors (Lipinski definition) is 3. The van der Waals surface area contributed by atoms with E-state index in [1.807, 2.05) is 6.07 Å². The summed E-state index contributed by atoms with van der Waals surface area (Å²) >= 11 is 11.8. The molecule has 0 bridgehead atoms. The first-order chi connectivity index (χ1) is 8.11. The van der Waals surface area contributed by atoms with Crippen LogP contribution in [0.2, 0.25) is 10.2 Å². The van der Waals surface area contributed by atoms with E-state index in [9.17, 15) is 4.79 Å². The minimum atomic E-state index is 0.155. The van der Waals surface area contributed by atoms with Crippen LogP contribution in [-0.2, 0) is 0 Å². The van der Waals surface area contributed by atoms with Gasteiger partial charge in [-0.15, -0.1) is 0 Å². The molecule has 0 spiro atoms. The Morgan fingerprint density at radius 2 is 2.00 bits per heavy atom. The van der Waals surface area contributed by atoms with E-state index >= 15 is 0 Å². The Morgan fingerprint density at radius 3 is 2.65 bits per heavy atom. The second-order valence-corrected chi connectivity index (χ2v) is 4.25. The average molecular weight is 267 g/mol. The average Bonchev–Trinajstić information content (AvgIpc) is 2.28. The van der Waals surface area contributed by atoms with Crippen molar-refractivity contribution in [1.82, 2.24) is 9.97 Å². The molecule has 0 radical (unpaired) electrons. The van der Waals surface area contributed by atoms with Crippen LogP contribution < -0.4 is 0 Å². The van der Waals surface area contributed by atoms with Gasteiger partial charge < -0.3 is 0 Å². The summed E-state index contributed by atoms with van der Waals surface area (Å²) in [5, 5.41) is 0.731. The van der Waals surface area contributed by atoms with Crippen molar-refractivity contribution in [1.29, 1.82) is 0 Å². The van der Waals surface area contributed by atoms with E-state index in [1.165, 1.54) is 0 Å². The Balaban J connectivity index is 2.70. The number of nitrogens with zero attached hydrogens (tertiary/aromatic N) is 2. The topological polar surface area (TPSA) is 42.9 Å². The molecular formula is C12H8Cl2N2O. The van der Waals surface area contributed by atoms with Crippen molar-refractivity contribution in [2.45, 2.75) is 6.92 Å². The summed E-state index contributed by atoms with van der Waals surface area (Å²) in [7, 11) is 0. The molecule has 1 heterocycles. The van der Waals surface area contributed by atoms with Gasteiger partial charge in [0.2, 0.25) is 0 Å². The van der Waals surface area contributed by atoms with E-state index in [2.05, 4.69) is 9.97 Å². The summed E-state index contributed by atoms with van der Waals surface area (Å²) in [5.74, 6) is 0.510. The molecule has 3 nitrogen and oxygen atoms in total. The molecule has 1 aromatic carbocycles. The van der Waals surface area contributed by atoms with E-state index in [0.29, 0.717) is 22.8 Å². The molecule has 0 aliphatic carbocycles. The molecule has 0 aliphatic heterocycles. The minimum absolute atomic E-state index is 0.155. The minimum Gasteiger partial charge on any atom is -0.298 e. The van der Waals surface area contributed by atoms with E-state index in [-0.39, 0.29) is 10.7 Å². The van der Waals surface area contributed by atoms with Gasteiger partial charge in [-0.3, -0.25) is 4.79 Å². The first-order valence-electron chi connectivity index (χ1n) is 4.87. The van der Waals surface area contributed by atoms with Crippen molar-refractivity contribution in [2.24, 2.45) is 0 Å². The van der Waals surface area contributed by atoms with Gasteiger partial charge in [-0.05, 0) is 19.1 Å². The molecule has 0 fully saturated rings. The molecule has 5 heteroatoms. The van der Waals surface area contributed by atoms with Gasteiger partial charge in [0.15, 0.2) is 6.29 Å². The molecule has 1 aromatic heterocycles. The predicted octanol–water partition coefficient (Wildman–Crippen LogP) is 3.57. The zero-order valence-corrected chi connectivity index (χ0v) is 10.5. The number of hydrogen-bond donors (Lipinski definition) is 0. The zero-order chi connectivity index (χ0) is 12.4. The number of aldehydes is 1. The first-order valence-corrected chi connectivity index (χ1v) is 5.62. The van der Waals surface area contributed by atoms with E-state index < -0.39 is 0 Å². The van der Waals surface area contributed by atoms with E-state index in [4.69, 9.17) is 23.2 Å². The molecule has 0 saturated carbocycles. The van der Waals surface area contributed by atoms with Crippen molar-refractivity contribution < 1.29 is 4.79 Å². The molecule has 0 N–H and O–H groups in total. The highest BCUT2D eigenvalue weighted by Crippen LogP contribution is 2.26. The summed E-state index contributed by atoms with van der Waals surface area (Å²) in [6.45, 7) is 1.72. The standard InChI is InChI=1S/C12H8Cl2N2O/c1-7-15-11(10(6-17)12(14)16-7)8-3-2-4-9(13)5-8/h2-6H,1H3. The molecule has 0 atom stereocenters. The molecular weight excluding hydrogens is 259 g/mol. The number of rotatable bonds is 2. The summed E-state index contributed by atoms with van der Waals surface area (Å²) in [6, 6.07) is 7.09. The normalized spacial score (nSPS) is 10.3. The maximum Gasteiger partial charge on any atom is 0.155 e. The van der Waals surface area contributed by atoms with Crippen LogP contribution in [0.4, 0.5) is 0 Å². The van der Waals surface area contributed by atoms with Gasteiger partial charge >= 0.3 is 0 Å². The molecule has 17 heavy (non-hydrogen) atoms. The third-order valence-electron chi connectivity index (χ3n) is 2.23. The lowest BCUT2D eigenvalue weighted by Gasteiger charge is -2.07.